The number of carbonyl (C=O) groups excluding carboxylic acids is 2. The average molecular weight is 741 g/mol. The number of hydrogen-bond acceptors (Lipinski definition) is 6. The van der Waals surface area contributed by atoms with Gasteiger partial charge in [-0.2, -0.15) is 0 Å². The Bertz CT molecular complexity index is 1140. The smallest absolute Gasteiger partial charge is 0.362 e. The highest BCUT2D eigenvalue weighted by atomic mass is 16.6. The number of esters is 2. The van der Waals surface area contributed by atoms with Crippen molar-refractivity contribution in [1.82, 2.24) is 0 Å². The third kappa shape index (κ3) is 34.1. The van der Waals surface area contributed by atoms with Gasteiger partial charge in [-0.25, -0.2) is 4.79 Å². The highest BCUT2D eigenvalue weighted by Crippen LogP contribution is 2.11. The highest BCUT2D eigenvalue weighted by molar-refractivity contribution is 5.72. The van der Waals surface area contributed by atoms with Crippen LogP contribution >= 0.6 is 0 Å². The van der Waals surface area contributed by atoms with Crippen molar-refractivity contribution in [3.05, 3.63) is 85.1 Å². The molecule has 0 aliphatic carbocycles. The maximum absolute atomic E-state index is 12.6. The molecule has 0 aromatic heterocycles. The summed E-state index contributed by atoms with van der Waals surface area (Å²) in [5, 5.41) is 9.59. The van der Waals surface area contributed by atoms with Crippen molar-refractivity contribution in [1.29, 1.82) is 0 Å². The second kappa shape index (κ2) is 35.5. The summed E-state index contributed by atoms with van der Waals surface area (Å²) in [6.45, 7) is 4.45. The normalized spacial score (nSPS) is 13.9. The van der Waals surface area contributed by atoms with Crippen LogP contribution < -0.4 is 0 Å². The van der Waals surface area contributed by atoms with Crippen molar-refractivity contribution in [3.63, 3.8) is 0 Å². The topological polar surface area (TPSA) is 99.1 Å². The predicted molar refractivity (Wildman–Crippen MR) is 220 cm³/mol. The third-order valence-electron chi connectivity index (χ3n) is 8.28. The number of allylic oxidation sites excluding steroid dienone is 14. The molecule has 2 unspecified atom stereocenters. The van der Waals surface area contributed by atoms with Gasteiger partial charge in [-0.3, -0.25) is 9.59 Å². The summed E-state index contributed by atoms with van der Waals surface area (Å²) in [7, 11) is 5.48. The first kappa shape index (κ1) is 49.5. The van der Waals surface area contributed by atoms with E-state index in [1.807, 2.05) is 21.1 Å². The first-order chi connectivity index (χ1) is 25.6. The number of hydrogen-bond donors (Lipinski definition) is 1. The fraction of sp³-hybridized carbons (Fsp3) is 0.622. The quantitative estimate of drug-likeness (QED) is 0.0303. The van der Waals surface area contributed by atoms with Crippen molar-refractivity contribution < 1.29 is 38.2 Å². The van der Waals surface area contributed by atoms with Crippen LogP contribution in [0.15, 0.2) is 85.1 Å². The minimum atomic E-state index is -0.893. The zero-order valence-electron chi connectivity index (χ0n) is 33.9. The molecule has 1 N–H and O–H groups in total. The number of ether oxygens (including phenoxy) is 3. The number of quaternary nitrogens is 1. The Hall–Kier alpha value is -3.49. The fourth-order valence-corrected chi connectivity index (χ4v) is 5.15. The molecule has 0 heterocycles. The molecule has 300 valence electrons. The van der Waals surface area contributed by atoms with Gasteiger partial charge in [0.2, 0.25) is 0 Å². The van der Waals surface area contributed by atoms with E-state index in [1.54, 1.807) is 0 Å². The molecule has 0 rings (SSSR count). The highest BCUT2D eigenvalue weighted by Gasteiger charge is 2.31. The summed E-state index contributed by atoms with van der Waals surface area (Å²) in [6.07, 6.45) is 45.0. The molecular weight excluding hydrogens is 666 g/mol. The van der Waals surface area contributed by atoms with E-state index in [0.717, 1.165) is 57.8 Å². The predicted octanol–water partition coefficient (Wildman–Crippen LogP) is 10.6. The van der Waals surface area contributed by atoms with Gasteiger partial charge in [-0.15, -0.1) is 0 Å². The van der Waals surface area contributed by atoms with Crippen LogP contribution in [0.5, 0.6) is 0 Å². The van der Waals surface area contributed by atoms with Gasteiger partial charge in [0.25, 0.3) is 0 Å². The molecule has 0 radical (unpaired) electrons. The molecule has 0 aromatic rings. The van der Waals surface area contributed by atoms with Crippen LogP contribution in [0, 0.1) is 0 Å². The number of likely N-dealkylation sites (N-methyl/N-ethyl adjacent to an activating group) is 1. The van der Waals surface area contributed by atoms with E-state index in [-0.39, 0.29) is 49.1 Å². The lowest BCUT2D eigenvalue weighted by molar-refractivity contribution is -0.887. The number of nitrogens with zero attached hydrogens (tertiary/aromatic N) is 1. The van der Waals surface area contributed by atoms with Crippen LogP contribution in [0.4, 0.5) is 0 Å². The Morgan fingerprint density at radius 3 is 1.55 bits per heavy atom. The molecule has 8 nitrogen and oxygen atoms in total. The summed E-state index contributed by atoms with van der Waals surface area (Å²) in [5.41, 5.74) is 0. The van der Waals surface area contributed by atoms with Crippen LogP contribution in [0.2, 0.25) is 0 Å². The molecule has 0 saturated heterocycles. The lowest BCUT2D eigenvalue weighted by atomic mass is 10.1. The lowest BCUT2D eigenvalue weighted by Crippen LogP contribution is -2.50. The number of carbonyl (C=O) groups is 3. The van der Waals surface area contributed by atoms with Crippen molar-refractivity contribution in [2.75, 3.05) is 41.0 Å². The molecule has 0 fully saturated rings. The molecule has 0 aliphatic rings. The molecular formula is C45H74NO7+. The van der Waals surface area contributed by atoms with E-state index in [1.165, 1.54) is 25.7 Å². The Kier molecular flexibility index (Phi) is 33.2. The van der Waals surface area contributed by atoms with E-state index in [2.05, 4.69) is 98.9 Å². The van der Waals surface area contributed by atoms with Crippen molar-refractivity contribution in [3.8, 4) is 0 Å². The SMILES string of the molecule is CC/C=C/C/C=C/C/C=C/CCCCC(=O)OC(COCCC(C(=O)O)[N+](C)(C)C)COC(=O)CCC/C=C/C/C=C/C/C=C/C/C=C/CCCCC. The van der Waals surface area contributed by atoms with Crippen LogP contribution in [-0.2, 0) is 28.6 Å². The summed E-state index contributed by atoms with van der Waals surface area (Å²) >= 11 is 0. The molecule has 0 aliphatic heterocycles. The lowest BCUT2D eigenvalue weighted by Gasteiger charge is -2.31. The Labute approximate surface area is 323 Å². The van der Waals surface area contributed by atoms with Gasteiger partial charge >= 0.3 is 17.9 Å². The first-order valence-corrected chi connectivity index (χ1v) is 20.1. The minimum absolute atomic E-state index is 0.0230. The van der Waals surface area contributed by atoms with Gasteiger partial charge in [0.05, 0.1) is 34.4 Å². The van der Waals surface area contributed by atoms with Gasteiger partial charge in [0.15, 0.2) is 12.1 Å². The van der Waals surface area contributed by atoms with E-state index in [9.17, 15) is 19.5 Å². The summed E-state index contributed by atoms with van der Waals surface area (Å²) in [6, 6.07) is -0.633. The van der Waals surface area contributed by atoms with Crippen LogP contribution in [0.25, 0.3) is 0 Å². The zero-order valence-corrected chi connectivity index (χ0v) is 33.9. The van der Waals surface area contributed by atoms with E-state index < -0.39 is 18.1 Å². The maximum atomic E-state index is 12.6. The Balaban J connectivity index is 4.55. The van der Waals surface area contributed by atoms with Gasteiger partial charge in [-0.05, 0) is 83.5 Å². The van der Waals surface area contributed by atoms with Crippen molar-refractivity contribution >= 4 is 17.9 Å². The summed E-state index contributed by atoms with van der Waals surface area (Å²) in [4.78, 5) is 36.8. The Morgan fingerprint density at radius 1 is 0.585 bits per heavy atom. The molecule has 0 spiro atoms. The molecule has 0 saturated carbocycles. The number of aliphatic carboxylic acids is 1. The van der Waals surface area contributed by atoms with Crippen molar-refractivity contribution in [2.24, 2.45) is 0 Å². The second-order valence-corrected chi connectivity index (χ2v) is 14.1. The monoisotopic (exact) mass is 741 g/mol. The van der Waals surface area contributed by atoms with Gasteiger partial charge in [0.1, 0.15) is 6.61 Å². The first-order valence-electron chi connectivity index (χ1n) is 20.1. The zero-order chi connectivity index (χ0) is 39.3. The van der Waals surface area contributed by atoms with Crippen LogP contribution in [0.1, 0.15) is 129 Å². The molecule has 0 bridgehead atoms. The minimum Gasteiger partial charge on any atom is -0.477 e. The fourth-order valence-electron chi connectivity index (χ4n) is 5.15. The van der Waals surface area contributed by atoms with Crippen LogP contribution in [-0.4, -0.2) is 80.6 Å². The number of carboxylic acids is 1. The Morgan fingerprint density at radius 2 is 1.06 bits per heavy atom. The van der Waals surface area contributed by atoms with Gasteiger partial charge in [0, 0.05) is 19.3 Å². The van der Waals surface area contributed by atoms with Gasteiger partial charge in [-0.1, -0.05) is 112 Å². The average Bonchev–Trinajstić information content (AvgIpc) is 3.11. The van der Waals surface area contributed by atoms with Gasteiger partial charge < -0.3 is 23.8 Å². The van der Waals surface area contributed by atoms with E-state index in [0.29, 0.717) is 19.3 Å². The summed E-state index contributed by atoms with van der Waals surface area (Å²) < 4.78 is 17.1. The maximum Gasteiger partial charge on any atom is 0.362 e. The molecule has 53 heavy (non-hydrogen) atoms. The largest absolute Gasteiger partial charge is 0.477 e. The number of rotatable bonds is 34. The van der Waals surface area contributed by atoms with E-state index in [4.69, 9.17) is 14.2 Å². The summed E-state index contributed by atoms with van der Waals surface area (Å²) in [5.74, 6) is -1.61. The standard InChI is InChI=1S/C45H73NO7/c1-6-8-10-12-14-16-18-20-21-22-23-24-26-27-29-31-33-35-43(47)52-40-41(39-51-38-37-42(45(49)50)46(3,4)5)53-44(48)36-34-32-30-28-25-19-17-15-13-11-9-7-2/h9,11,14-17,20-21,23-25,27-29,41-42H,6-8,10,12-13,18-19,22,26,30-40H2,1-5H3/p+1/b11-9+,16-14+,17-15+,21-20+,24-23+,28-25+,29-27+. The van der Waals surface area contributed by atoms with E-state index >= 15 is 0 Å². The van der Waals surface area contributed by atoms with Crippen LogP contribution in [0.3, 0.4) is 0 Å². The number of unbranched alkanes of at least 4 members (excludes halogenated alkanes) is 6. The molecule has 0 aromatic carbocycles. The van der Waals surface area contributed by atoms with Crippen molar-refractivity contribution in [2.45, 2.75) is 142 Å². The molecule has 0 amide bonds. The molecule has 8 heteroatoms. The number of carboxylic acid groups (broad SMARTS) is 1. The molecule has 2 atom stereocenters. The second-order valence-electron chi connectivity index (χ2n) is 14.1. The third-order valence-corrected chi connectivity index (χ3v) is 8.28.